The van der Waals surface area contributed by atoms with Gasteiger partial charge in [-0.15, -0.1) is 0 Å². The van der Waals surface area contributed by atoms with Crippen molar-refractivity contribution >= 4 is 0 Å². The number of aromatic nitrogens is 2. The molecule has 0 bridgehead atoms. The molecule has 0 amide bonds. The maximum Gasteiger partial charge on any atom is 0.216 e. The molecular formula is C8H10N2O. The van der Waals surface area contributed by atoms with Crippen LogP contribution in [0.4, 0.5) is 0 Å². The average Bonchev–Trinajstić information content (AvgIpc) is 1.99. The summed E-state index contributed by atoms with van der Waals surface area (Å²) in [6.45, 7) is 0. The summed E-state index contributed by atoms with van der Waals surface area (Å²) in [5, 5.41) is 0. The largest absolute Gasteiger partial charge is 0.474 e. The summed E-state index contributed by atoms with van der Waals surface area (Å²) in [4.78, 5) is 7.77. The fraction of sp³-hybridized carbons (Fsp3) is 0.500. The van der Waals surface area contributed by atoms with E-state index in [0.29, 0.717) is 12.0 Å². The topological polar surface area (TPSA) is 35.0 Å². The van der Waals surface area contributed by atoms with Crippen LogP contribution in [0.5, 0.6) is 5.88 Å². The highest BCUT2D eigenvalue weighted by atomic mass is 16.5. The van der Waals surface area contributed by atoms with Crippen LogP contribution in [0.25, 0.3) is 0 Å². The summed E-state index contributed by atoms with van der Waals surface area (Å²) < 4.78 is 5.50. The predicted molar refractivity (Wildman–Crippen MR) is 40.3 cm³/mol. The highest BCUT2D eigenvalue weighted by Gasteiger charge is 2.19. The molecule has 1 heterocycles. The van der Waals surface area contributed by atoms with E-state index in [2.05, 4.69) is 9.97 Å². The van der Waals surface area contributed by atoms with Crippen molar-refractivity contribution in [3.05, 3.63) is 18.6 Å². The molecule has 0 atom stereocenters. The van der Waals surface area contributed by atoms with Gasteiger partial charge < -0.3 is 4.74 Å². The van der Waals surface area contributed by atoms with E-state index < -0.39 is 0 Å². The van der Waals surface area contributed by atoms with Crippen molar-refractivity contribution in [2.45, 2.75) is 25.4 Å². The second kappa shape index (κ2) is 2.86. The third-order valence-corrected chi connectivity index (χ3v) is 1.89. The molecule has 0 N–H and O–H groups in total. The van der Waals surface area contributed by atoms with Gasteiger partial charge in [-0.3, -0.25) is 0 Å². The molecule has 3 nitrogen and oxygen atoms in total. The van der Waals surface area contributed by atoms with Crippen LogP contribution in [0, 0.1) is 0 Å². The van der Waals surface area contributed by atoms with Crippen LogP contribution < -0.4 is 4.74 Å². The average molecular weight is 150 g/mol. The van der Waals surface area contributed by atoms with Crippen LogP contribution in [0.1, 0.15) is 19.3 Å². The molecule has 58 valence electrons. The fourth-order valence-electron chi connectivity index (χ4n) is 1.01. The molecule has 0 radical (unpaired) electrons. The normalized spacial score (nSPS) is 17.5. The second-order valence-electron chi connectivity index (χ2n) is 2.72. The third kappa shape index (κ3) is 1.48. The summed E-state index contributed by atoms with van der Waals surface area (Å²) in [5.41, 5.74) is 0. The van der Waals surface area contributed by atoms with Crippen molar-refractivity contribution in [2.75, 3.05) is 0 Å². The molecule has 3 heteroatoms. The molecular weight excluding hydrogens is 140 g/mol. The van der Waals surface area contributed by atoms with Gasteiger partial charge in [-0.05, 0) is 19.3 Å². The molecule has 11 heavy (non-hydrogen) atoms. The van der Waals surface area contributed by atoms with Gasteiger partial charge >= 0.3 is 0 Å². The molecule has 2 rings (SSSR count). The van der Waals surface area contributed by atoms with Crippen molar-refractivity contribution in [3.8, 4) is 5.88 Å². The Balaban J connectivity index is 1.95. The highest BCUT2D eigenvalue weighted by molar-refractivity contribution is 5.05. The molecule has 0 saturated heterocycles. The maximum absolute atomic E-state index is 5.50. The lowest BCUT2D eigenvalue weighted by molar-refractivity contribution is 0.114. The standard InChI is InChI=1S/C8H10N2O/c1-2-7(3-1)11-8-4-5-9-6-10-8/h4-7H,1-3H2. The summed E-state index contributed by atoms with van der Waals surface area (Å²) in [6, 6.07) is 1.79. The molecule has 1 aromatic rings. The number of rotatable bonds is 2. The minimum absolute atomic E-state index is 0.407. The zero-order valence-electron chi connectivity index (χ0n) is 6.23. The first-order chi connectivity index (χ1) is 5.45. The van der Waals surface area contributed by atoms with E-state index in [9.17, 15) is 0 Å². The van der Waals surface area contributed by atoms with Gasteiger partial charge in [0.15, 0.2) is 0 Å². The Kier molecular flexibility index (Phi) is 1.71. The predicted octanol–water partition coefficient (Wildman–Crippen LogP) is 1.41. The second-order valence-corrected chi connectivity index (χ2v) is 2.72. The van der Waals surface area contributed by atoms with Crippen LogP contribution >= 0.6 is 0 Å². The van der Waals surface area contributed by atoms with E-state index in [4.69, 9.17) is 4.74 Å². The van der Waals surface area contributed by atoms with Crippen LogP contribution in [0.15, 0.2) is 18.6 Å². The summed E-state index contributed by atoms with van der Waals surface area (Å²) in [7, 11) is 0. The van der Waals surface area contributed by atoms with Crippen molar-refractivity contribution in [3.63, 3.8) is 0 Å². The molecule has 0 spiro atoms. The molecule has 1 fully saturated rings. The Morgan fingerprint density at radius 1 is 1.45 bits per heavy atom. The number of hydrogen-bond acceptors (Lipinski definition) is 3. The minimum atomic E-state index is 0.407. The van der Waals surface area contributed by atoms with Gasteiger partial charge in [0, 0.05) is 12.3 Å². The van der Waals surface area contributed by atoms with Crippen LogP contribution in [0.2, 0.25) is 0 Å². The highest BCUT2D eigenvalue weighted by Crippen LogP contribution is 2.23. The van der Waals surface area contributed by atoms with E-state index in [0.717, 1.165) is 0 Å². The molecule has 1 saturated carbocycles. The fourth-order valence-corrected chi connectivity index (χ4v) is 1.01. The van der Waals surface area contributed by atoms with Crippen molar-refractivity contribution in [1.82, 2.24) is 9.97 Å². The SMILES string of the molecule is c1cc(OC2CCC2)ncn1. The Bertz CT molecular complexity index is 221. The lowest BCUT2D eigenvalue weighted by Gasteiger charge is -2.25. The monoisotopic (exact) mass is 150 g/mol. The van der Waals surface area contributed by atoms with Crippen LogP contribution in [-0.4, -0.2) is 16.1 Å². The molecule has 0 aromatic carbocycles. The Morgan fingerprint density at radius 2 is 2.36 bits per heavy atom. The quantitative estimate of drug-likeness (QED) is 0.639. The van der Waals surface area contributed by atoms with Gasteiger partial charge in [0.05, 0.1) is 0 Å². The van der Waals surface area contributed by atoms with E-state index in [-0.39, 0.29) is 0 Å². The zero-order valence-corrected chi connectivity index (χ0v) is 6.23. The van der Waals surface area contributed by atoms with Gasteiger partial charge in [-0.2, -0.15) is 0 Å². The number of nitrogens with zero attached hydrogens (tertiary/aromatic N) is 2. The first-order valence-electron chi connectivity index (χ1n) is 3.88. The summed E-state index contributed by atoms with van der Waals surface area (Å²) in [6.07, 6.45) is 7.24. The molecule has 1 aliphatic rings. The Hall–Kier alpha value is -1.12. The lowest BCUT2D eigenvalue weighted by Crippen LogP contribution is -2.24. The van der Waals surface area contributed by atoms with E-state index in [1.54, 1.807) is 12.3 Å². The van der Waals surface area contributed by atoms with Gasteiger partial charge in [0.2, 0.25) is 5.88 Å². The zero-order chi connectivity index (χ0) is 7.52. The van der Waals surface area contributed by atoms with Crippen molar-refractivity contribution < 1.29 is 4.74 Å². The van der Waals surface area contributed by atoms with Gasteiger partial charge in [-0.1, -0.05) is 0 Å². The third-order valence-electron chi connectivity index (χ3n) is 1.89. The van der Waals surface area contributed by atoms with E-state index in [1.165, 1.54) is 25.6 Å². The first kappa shape index (κ1) is 6.58. The van der Waals surface area contributed by atoms with Crippen LogP contribution in [-0.2, 0) is 0 Å². The van der Waals surface area contributed by atoms with Crippen molar-refractivity contribution in [2.24, 2.45) is 0 Å². The van der Waals surface area contributed by atoms with Crippen LogP contribution in [0.3, 0.4) is 0 Å². The smallest absolute Gasteiger partial charge is 0.216 e. The minimum Gasteiger partial charge on any atom is -0.474 e. The maximum atomic E-state index is 5.50. The Morgan fingerprint density at radius 3 is 2.91 bits per heavy atom. The lowest BCUT2D eigenvalue weighted by atomic mass is 9.96. The summed E-state index contributed by atoms with van der Waals surface area (Å²) in [5.74, 6) is 0.699. The van der Waals surface area contributed by atoms with Gasteiger partial charge in [0.1, 0.15) is 12.4 Å². The first-order valence-corrected chi connectivity index (χ1v) is 3.88. The van der Waals surface area contributed by atoms with E-state index in [1.807, 2.05) is 0 Å². The molecule has 0 aliphatic heterocycles. The molecule has 0 unspecified atom stereocenters. The van der Waals surface area contributed by atoms with E-state index >= 15 is 0 Å². The summed E-state index contributed by atoms with van der Waals surface area (Å²) >= 11 is 0. The number of hydrogen-bond donors (Lipinski definition) is 0. The Labute approximate surface area is 65.4 Å². The van der Waals surface area contributed by atoms with Gasteiger partial charge in [0.25, 0.3) is 0 Å². The van der Waals surface area contributed by atoms with Gasteiger partial charge in [-0.25, -0.2) is 9.97 Å². The molecule has 1 aliphatic carbocycles. The molecule has 1 aromatic heterocycles. The number of ether oxygens (including phenoxy) is 1. The van der Waals surface area contributed by atoms with Crippen molar-refractivity contribution in [1.29, 1.82) is 0 Å².